The number of nitrogens with zero attached hydrogens (tertiary/aromatic N) is 2. The average molecular weight is 273 g/mol. The third-order valence-corrected chi connectivity index (χ3v) is 4.48. The molecular formula is C17H27N3. The summed E-state index contributed by atoms with van der Waals surface area (Å²) in [6.45, 7) is 9.02. The molecule has 2 heterocycles. The predicted octanol–water partition coefficient (Wildman–Crippen LogP) is 3.10. The maximum absolute atomic E-state index is 4.75. The van der Waals surface area contributed by atoms with Gasteiger partial charge in [-0.05, 0) is 49.3 Å². The minimum Gasteiger partial charge on any atom is -0.352 e. The van der Waals surface area contributed by atoms with Crippen molar-refractivity contribution in [2.45, 2.75) is 64.0 Å². The molecule has 1 saturated carbocycles. The molecule has 3 nitrogen and oxygen atoms in total. The van der Waals surface area contributed by atoms with Crippen molar-refractivity contribution < 1.29 is 0 Å². The van der Waals surface area contributed by atoms with Crippen LogP contribution in [0.4, 0.5) is 5.82 Å². The van der Waals surface area contributed by atoms with Crippen molar-refractivity contribution in [2.24, 2.45) is 0 Å². The Bertz CT molecular complexity index is 436. The van der Waals surface area contributed by atoms with E-state index < -0.39 is 0 Å². The van der Waals surface area contributed by atoms with E-state index in [0.717, 1.165) is 18.4 Å². The van der Waals surface area contributed by atoms with Gasteiger partial charge in [-0.1, -0.05) is 26.8 Å². The molecule has 1 N–H and O–H groups in total. The SMILES string of the molecule is CC(C)(C)c1ccc(N(CC2CCCN2)C2CC2)nc1. The Morgan fingerprint density at radius 3 is 2.55 bits per heavy atom. The van der Waals surface area contributed by atoms with E-state index in [0.29, 0.717) is 6.04 Å². The van der Waals surface area contributed by atoms with Gasteiger partial charge in [0, 0.05) is 24.8 Å². The number of pyridine rings is 1. The quantitative estimate of drug-likeness (QED) is 0.913. The normalized spacial score (nSPS) is 23.1. The standard InChI is InChI=1S/C17H27N3/c1-17(2,3)13-6-9-16(19-11-13)20(15-7-8-15)12-14-5-4-10-18-14/h6,9,11,14-15,18H,4-5,7-8,10,12H2,1-3H3. The summed E-state index contributed by atoms with van der Waals surface area (Å²) in [6.07, 6.45) is 7.35. The summed E-state index contributed by atoms with van der Waals surface area (Å²) in [6, 6.07) is 5.85. The zero-order valence-electron chi connectivity index (χ0n) is 13.0. The molecule has 0 amide bonds. The topological polar surface area (TPSA) is 28.2 Å². The number of hydrogen-bond acceptors (Lipinski definition) is 3. The highest BCUT2D eigenvalue weighted by Crippen LogP contribution is 2.32. The van der Waals surface area contributed by atoms with Gasteiger partial charge in [-0.2, -0.15) is 0 Å². The Kier molecular flexibility index (Phi) is 3.72. The van der Waals surface area contributed by atoms with Crippen LogP contribution in [0.3, 0.4) is 0 Å². The van der Waals surface area contributed by atoms with Crippen LogP contribution in [0.1, 0.15) is 52.0 Å². The highest BCUT2D eigenvalue weighted by molar-refractivity contribution is 5.43. The van der Waals surface area contributed by atoms with Crippen molar-refractivity contribution in [1.29, 1.82) is 0 Å². The lowest BCUT2D eigenvalue weighted by molar-refractivity contribution is 0.571. The fourth-order valence-electron chi connectivity index (χ4n) is 2.97. The Balaban J connectivity index is 1.73. The Labute approximate surface area is 122 Å². The van der Waals surface area contributed by atoms with Gasteiger partial charge in [-0.3, -0.25) is 0 Å². The van der Waals surface area contributed by atoms with E-state index in [2.05, 4.69) is 49.3 Å². The molecule has 1 aliphatic heterocycles. The van der Waals surface area contributed by atoms with Gasteiger partial charge in [0.05, 0.1) is 0 Å². The zero-order chi connectivity index (χ0) is 14.2. The van der Waals surface area contributed by atoms with Crippen LogP contribution in [-0.2, 0) is 5.41 Å². The van der Waals surface area contributed by atoms with Crippen molar-refractivity contribution in [3.05, 3.63) is 23.9 Å². The lowest BCUT2D eigenvalue weighted by atomic mass is 9.88. The predicted molar refractivity (Wildman–Crippen MR) is 84.3 cm³/mol. The fourth-order valence-corrected chi connectivity index (χ4v) is 2.97. The molecule has 1 aliphatic carbocycles. The van der Waals surface area contributed by atoms with Crippen molar-refractivity contribution in [2.75, 3.05) is 18.0 Å². The van der Waals surface area contributed by atoms with Crippen molar-refractivity contribution >= 4 is 5.82 Å². The fraction of sp³-hybridized carbons (Fsp3) is 0.706. The van der Waals surface area contributed by atoms with Gasteiger partial charge in [-0.25, -0.2) is 4.98 Å². The highest BCUT2D eigenvalue weighted by Gasteiger charge is 2.32. The minimum atomic E-state index is 0.183. The highest BCUT2D eigenvalue weighted by atomic mass is 15.2. The molecule has 2 aliphatic rings. The summed E-state index contributed by atoms with van der Waals surface area (Å²) in [7, 11) is 0. The molecule has 3 rings (SSSR count). The van der Waals surface area contributed by atoms with E-state index in [9.17, 15) is 0 Å². The molecule has 1 saturated heterocycles. The Morgan fingerprint density at radius 1 is 1.25 bits per heavy atom. The van der Waals surface area contributed by atoms with Crippen LogP contribution in [-0.4, -0.2) is 30.2 Å². The van der Waals surface area contributed by atoms with Crippen LogP contribution in [0.15, 0.2) is 18.3 Å². The van der Waals surface area contributed by atoms with Crippen LogP contribution in [0.5, 0.6) is 0 Å². The third-order valence-electron chi connectivity index (χ3n) is 4.48. The minimum absolute atomic E-state index is 0.183. The number of anilines is 1. The van der Waals surface area contributed by atoms with Gasteiger partial charge in [0.2, 0.25) is 0 Å². The first-order chi connectivity index (χ1) is 9.54. The van der Waals surface area contributed by atoms with Crippen LogP contribution in [0.25, 0.3) is 0 Å². The van der Waals surface area contributed by atoms with E-state index in [1.165, 1.54) is 37.8 Å². The van der Waals surface area contributed by atoms with E-state index in [1.54, 1.807) is 0 Å². The maximum atomic E-state index is 4.75. The average Bonchev–Trinajstić information content (AvgIpc) is 3.12. The van der Waals surface area contributed by atoms with Crippen molar-refractivity contribution in [3.63, 3.8) is 0 Å². The second-order valence-electron chi connectivity index (χ2n) is 7.33. The molecule has 0 bridgehead atoms. The van der Waals surface area contributed by atoms with Crippen LogP contribution >= 0.6 is 0 Å². The molecule has 1 aromatic heterocycles. The van der Waals surface area contributed by atoms with E-state index in [4.69, 9.17) is 4.98 Å². The molecule has 3 heteroatoms. The second-order valence-corrected chi connectivity index (χ2v) is 7.33. The number of nitrogens with one attached hydrogen (secondary N) is 1. The largest absolute Gasteiger partial charge is 0.352 e. The molecule has 0 radical (unpaired) electrons. The van der Waals surface area contributed by atoms with Gasteiger partial charge in [0.25, 0.3) is 0 Å². The maximum Gasteiger partial charge on any atom is 0.128 e. The van der Waals surface area contributed by atoms with Crippen LogP contribution in [0, 0.1) is 0 Å². The summed E-state index contributed by atoms with van der Waals surface area (Å²) in [5.74, 6) is 1.16. The third kappa shape index (κ3) is 3.14. The van der Waals surface area contributed by atoms with E-state index in [-0.39, 0.29) is 5.41 Å². The van der Waals surface area contributed by atoms with Gasteiger partial charge in [0.1, 0.15) is 5.82 Å². The zero-order valence-corrected chi connectivity index (χ0v) is 13.0. The number of hydrogen-bond donors (Lipinski definition) is 1. The second kappa shape index (κ2) is 5.36. The molecule has 2 fully saturated rings. The Morgan fingerprint density at radius 2 is 2.05 bits per heavy atom. The molecular weight excluding hydrogens is 246 g/mol. The first kappa shape index (κ1) is 13.9. The first-order valence-corrected chi connectivity index (χ1v) is 8.00. The van der Waals surface area contributed by atoms with E-state index in [1.807, 2.05) is 0 Å². The Hall–Kier alpha value is -1.09. The van der Waals surface area contributed by atoms with Gasteiger partial charge < -0.3 is 10.2 Å². The summed E-state index contributed by atoms with van der Waals surface area (Å²) >= 11 is 0. The van der Waals surface area contributed by atoms with Crippen molar-refractivity contribution in [1.82, 2.24) is 10.3 Å². The molecule has 110 valence electrons. The number of aromatic nitrogens is 1. The molecule has 1 unspecified atom stereocenters. The molecule has 0 aromatic carbocycles. The summed E-state index contributed by atoms with van der Waals surface area (Å²) < 4.78 is 0. The lowest BCUT2D eigenvalue weighted by Crippen LogP contribution is -2.39. The molecule has 20 heavy (non-hydrogen) atoms. The molecule has 1 atom stereocenters. The molecule has 0 spiro atoms. The van der Waals surface area contributed by atoms with Crippen LogP contribution in [0.2, 0.25) is 0 Å². The summed E-state index contributed by atoms with van der Waals surface area (Å²) in [4.78, 5) is 7.27. The summed E-state index contributed by atoms with van der Waals surface area (Å²) in [5.41, 5.74) is 1.50. The first-order valence-electron chi connectivity index (χ1n) is 8.00. The number of rotatable bonds is 4. The van der Waals surface area contributed by atoms with Gasteiger partial charge >= 0.3 is 0 Å². The summed E-state index contributed by atoms with van der Waals surface area (Å²) in [5, 5.41) is 3.61. The van der Waals surface area contributed by atoms with Crippen molar-refractivity contribution in [3.8, 4) is 0 Å². The van der Waals surface area contributed by atoms with Gasteiger partial charge in [-0.15, -0.1) is 0 Å². The lowest BCUT2D eigenvalue weighted by Gasteiger charge is -2.28. The van der Waals surface area contributed by atoms with Crippen LogP contribution < -0.4 is 10.2 Å². The van der Waals surface area contributed by atoms with E-state index >= 15 is 0 Å². The molecule has 1 aromatic rings. The smallest absolute Gasteiger partial charge is 0.128 e. The van der Waals surface area contributed by atoms with Gasteiger partial charge in [0.15, 0.2) is 0 Å². The monoisotopic (exact) mass is 273 g/mol.